The van der Waals surface area contributed by atoms with Crippen molar-refractivity contribution in [3.05, 3.63) is 11.8 Å². The van der Waals surface area contributed by atoms with Crippen molar-refractivity contribution in [2.75, 3.05) is 17.2 Å². The highest BCUT2D eigenvalue weighted by atomic mass is 16.2. The molecule has 1 aliphatic rings. The molecule has 2 rings (SSSR count). The van der Waals surface area contributed by atoms with Gasteiger partial charge in [0.1, 0.15) is 11.9 Å². The van der Waals surface area contributed by atoms with Crippen molar-refractivity contribution in [2.24, 2.45) is 0 Å². The summed E-state index contributed by atoms with van der Waals surface area (Å²) >= 11 is 0. The topological polar surface area (TPSA) is 78.9 Å². The van der Waals surface area contributed by atoms with E-state index < -0.39 is 0 Å². The first-order chi connectivity index (χ1) is 9.08. The number of carbonyl (C=O) groups is 1. The fourth-order valence-electron chi connectivity index (χ4n) is 1.72. The van der Waals surface area contributed by atoms with Gasteiger partial charge in [-0.2, -0.15) is 4.98 Å². The molecule has 6 heteroatoms. The van der Waals surface area contributed by atoms with Crippen molar-refractivity contribution in [1.29, 1.82) is 0 Å². The molecular formula is C13H21N5O. The SMILES string of the molecule is CCNc1nc(C)cc(NC(C)C(=O)NC2CC2)n1. The summed E-state index contributed by atoms with van der Waals surface area (Å²) in [4.78, 5) is 20.5. The van der Waals surface area contributed by atoms with E-state index >= 15 is 0 Å². The van der Waals surface area contributed by atoms with Crippen LogP contribution in [0.25, 0.3) is 0 Å². The van der Waals surface area contributed by atoms with E-state index in [1.54, 1.807) is 0 Å². The Morgan fingerprint density at radius 3 is 2.84 bits per heavy atom. The summed E-state index contributed by atoms with van der Waals surface area (Å²) in [5, 5.41) is 9.15. The summed E-state index contributed by atoms with van der Waals surface area (Å²) in [6.07, 6.45) is 2.19. The number of aromatic nitrogens is 2. The Balaban J connectivity index is 1.98. The minimum Gasteiger partial charge on any atom is -0.358 e. The zero-order valence-electron chi connectivity index (χ0n) is 11.7. The molecule has 1 atom stereocenters. The number of amides is 1. The van der Waals surface area contributed by atoms with Gasteiger partial charge in [-0.15, -0.1) is 0 Å². The number of rotatable bonds is 6. The summed E-state index contributed by atoms with van der Waals surface area (Å²) in [6, 6.07) is 1.91. The third-order valence-corrected chi connectivity index (χ3v) is 2.87. The van der Waals surface area contributed by atoms with E-state index in [2.05, 4.69) is 25.9 Å². The second kappa shape index (κ2) is 5.86. The predicted molar refractivity (Wildman–Crippen MR) is 75.2 cm³/mol. The number of hydrogen-bond donors (Lipinski definition) is 3. The standard InChI is InChI=1S/C13H21N5O/c1-4-14-13-15-8(2)7-11(18-13)16-9(3)12(19)17-10-5-6-10/h7,9-10H,4-6H2,1-3H3,(H,17,19)(H2,14,15,16,18). The second-order valence-electron chi connectivity index (χ2n) is 4.90. The summed E-state index contributed by atoms with van der Waals surface area (Å²) in [5.74, 6) is 1.27. The number of hydrogen-bond acceptors (Lipinski definition) is 5. The van der Waals surface area contributed by atoms with Gasteiger partial charge in [-0.3, -0.25) is 4.79 Å². The fourth-order valence-corrected chi connectivity index (χ4v) is 1.72. The molecule has 6 nitrogen and oxygen atoms in total. The van der Waals surface area contributed by atoms with E-state index in [4.69, 9.17) is 0 Å². The molecule has 0 radical (unpaired) electrons. The molecule has 1 amide bonds. The molecular weight excluding hydrogens is 242 g/mol. The van der Waals surface area contributed by atoms with Crippen LogP contribution in [-0.2, 0) is 4.79 Å². The maximum atomic E-state index is 11.9. The zero-order chi connectivity index (χ0) is 13.8. The van der Waals surface area contributed by atoms with Gasteiger partial charge in [0.2, 0.25) is 11.9 Å². The summed E-state index contributed by atoms with van der Waals surface area (Å²) in [7, 11) is 0. The first-order valence-corrected chi connectivity index (χ1v) is 6.75. The maximum Gasteiger partial charge on any atom is 0.242 e. The zero-order valence-corrected chi connectivity index (χ0v) is 11.7. The molecule has 1 unspecified atom stereocenters. The second-order valence-corrected chi connectivity index (χ2v) is 4.90. The van der Waals surface area contributed by atoms with Crippen molar-refractivity contribution in [2.45, 2.75) is 45.7 Å². The molecule has 0 aliphatic heterocycles. The number of nitrogens with one attached hydrogen (secondary N) is 3. The van der Waals surface area contributed by atoms with Crippen LogP contribution in [0, 0.1) is 6.92 Å². The highest BCUT2D eigenvalue weighted by Crippen LogP contribution is 2.19. The molecule has 1 fully saturated rings. The predicted octanol–water partition coefficient (Wildman–Crippen LogP) is 1.30. The fraction of sp³-hybridized carbons (Fsp3) is 0.615. The van der Waals surface area contributed by atoms with Crippen LogP contribution >= 0.6 is 0 Å². The Morgan fingerprint density at radius 1 is 1.47 bits per heavy atom. The van der Waals surface area contributed by atoms with Crippen LogP contribution < -0.4 is 16.0 Å². The smallest absolute Gasteiger partial charge is 0.242 e. The lowest BCUT2D eigenvalue weighted by Gasteiger charge is -2.15. The molecule has 0 aromatic carbocycles. The molecule has 0 bridgehead atoms. The van der Waals surface area contributed by atoms with Gasteiger partial charge in [0, 0.05) is 24.3 Å². The normalized spacial score (nSPS) is 15.7. The third kappa shape index (κ3) is 4.08. The van der Waals surface area contributed by atoms with Gasteiger partial charge in [0.25, 0.3) is 0 Å². The first-order valence-electron chi connectivity index (χ1n) is 6.75. The van der Waals surface area contributed by atoms with Gasteiger partial charge >= 0.3 is 0 Å². The van der Waals surface area contributed by atoms with Gasteiger partial charge in [0.05, 0.1) is 0 Å². The number of anilines is 2. The Hall–Kier alpha value is -1.85. The molecule has 1 heterocycles. The Kier molecular flexibility index (Phi) is 4.19. The summed E-state index contributed by atoms with van der Waals surface area (Å²) < 4.78 is 0. The van der Waals surface area contributed by atoms with E-state index in [1.807, 2.05) is 26.8 Å². The molecule has 1 aromatic rings. The van der Waals surface area contributed by atoms with E-state index in [-0.39, 0.29) is 11.9 Å². The van der Waals surface area contributed by atoms with Crippen molar-refractivity contribution in [3.63, 3.8) is 0 Å². The quantitative estimate of drug-likeness (QED) is 0.721. The Morgan fingerprint density at radius 2 is 2.21 bits per heavy atom. The van der Waals surface area contributed by atoms with Crippen LogP contribution in [0.15, 0.2) is 6.07 Å². The van der Waals surface area contributed by atoms with Crippen LogP contribution in [0.3, 0.4) is 0 Å². The highest BCUT2D eigenvalue weighted by molar-refractivity contribution is 5.84. The van der Waals surface area contributed by atoms with Crippen LogP contribution in [0.2, 0.25) is 0 Å². The Bertz CT molecular complexity index is 458. The molecule has 1 aromatic heterocycles. The van der Waals surface area contributed by atoms with Crippen LogP contribution in [-0.4, -0.2) is 34.5 Å². The largest absolute Gasteiger partial charge is 0.358 e. The number of nitrogens with zero attached hydrogens (tertiary/aromatic N) is 2. The Labute approximate surface area is 113 Å². The van der Waals surface area contributed by atoms with Gasteiger partial charge in [-0.1, -0.05) is 0 Å². The summed E-state index contributed by atoms with van der Waals surface area (Å²) in [5.41, 5.74) is 0.864. The van der Waals surface area contributed by atoms with Crippen LogP contribution in [0.4, 0.5) is 11.8 Å². The molecule has 0 spiro atoms. The average Bonchev–Trinajstić information content (AvgIpc) is 3.12. The lowest BCUT2D eigenvalue weighted by atomic mass is 10.3. The molecule has 1 saturated carbocycles. The average molecular weight is 263 g/mol. The number of carbonyl (C=O) groups excluding carboxylic acids is 1. The molecule has 0 saturated heterocycles. The first kappa shape index (κ1) is 13.6. The van der Waals surface area contributed by atoms with Gasteiger partial charge < -0.3 is 16.0 Å². The minimum atomic E-state index is -0.302. The van der Waals surface area contributed by atoms with Crippen molar-refractivity contribution >= 4 is 17.7 Å². The lowest BCUT2D eigenvalue weighted by molar-refractivity contribution is -0.121. The van der Waals surface area contributed by atoms with Crippen molar-refractivity contribution < 1.29 is 4.79 Å². The third-order valence-electron chi connectivity index (χ3n) is 2.87. The number of aryl methyl sites for hydroxylation is 1. The van der Waals surface area contributed by atoms with Gasteiger partial charge in [-0.25, -0.2) is 4.98 Å². The van der Waals surface area contributed by atoms with Gasteiger partial charge in [-0.05, 0) is 33.6 Å². The van der Waals surface area contributed by atoms with Gasteiger partial charge in [0.15, 0.2) is 0 Å². The van der Waals surface area contributed by atoms with E-state index in [0.717, 1.165) is 25.1 Å². The monoisotopic (exact) mass is 263 g/mol. The molecule has 19 heavy (non-hydrogen) atoms. The van der Waals surface area contributed by atoms with E-state index in [0.29, 0.717) is 17.8 Å². The molecule has 3 N–H and O–H groups in total. The van der Waals surface area contributed by atoms with Crippen LogP contribution in [0.1, 0.15) is 32.4 Å². The minimum absolute atomic E-state index is 0.0174. The maximum absolute atomic E-state index is 11.9. The van der Waals surface area contributed by atoms with E-state index in [1.165, 1.54) is 0 Å². The highest BCUT2D eigenvalue weighted by Gasteiger charge is 2.25. The lowest BCUT2D eigenvalue weighted by Crippen LogP contribution is -2.38. The van der Waals surface area contributed by atoms with Crippen molar-refractivity contribution in [3.8, 4) is 0 Å². The summed E-state index contributed by atoms with van der Waals surface area (Å²) in [6.45, 7) is 6.50. The molecule has 1 aliphatic carbocycles. The van der Waals surface area contributed by atoms with Crippen LogP contribution in [0.5, 0.6) is 0 Å². The molecule has 104 valence electrons. The van der Waals surface area contributed by atoms with E-state index in [9.17, 15) is 4.79 Å². The van der Waals surface area contributed by atoms with Crippen molar-refractivity contribution in [1.82, 2.24) is 15.3 Å².